The number of thioether (sulfide) groups is 1. The summed E-state index contributed by atoms with van der Waals surface area (Å²) in [7, 11) is 1.39. The third kappa shape index (κ3) is 8.60. The minimum Gasteiger partial charge on any atom is -0.458 e. The van der Waals surface area contributed by atoms with Crippen LogP contribution in [0.3, 0.4) is 0 Å². The van der Waals surface area contributed by atoms with Crippen LogP contribution in [0, 0.1) is 0 Å². The van der Waals surface area contributed by atoms with Crippen LogP contribution < -0.4 is 5.32 Å². The number of amides is 3. The van der Waals surface area contributed by atoms with E-state index in [1.165, 1.54) is 55.3 Å². The Kier molecular flexibility index (Phi) is 11.8. The molecule has 0 spiro atoms. The number of benzene rings is 1. The van der Waals surface area contributed by atoms with E-state index in [2.05, 4.69) is 25.1 Å². The van der Waals surface area contributed by atoms with Crippen molar-refractivity contribution >= 4 is 46.4 Å². The van der Waals surface area contributed by atoms with Crippen molar-refractivity contribution in [2.75, 3.05) is 38.7 Å². The Bertz CT molecular complexity index is 1110. The maximum absolute atomic E-state index is 13.3. The number of ether oxygens (including phenoxy) is 2. The van der Waals surface area contributed by atoms with E-state index >= 15 is 0 Å². The van der Waals surface area contributed by atoms with Crippen LogP contribution in [0.15, 0.2) is 56.2 Å². The van der Waals surface area contributed by atoms with E-state index in [9.17, 15) is 24.0 Å². The second-order valence-corrected chi connectivity index (χ2v) is 9.54. The van der Waals surface area contributed by atoms with E-state index < -0.39 is 29.9 Å². The first kappa shape index (κ1) is 30.3. The number of hydroxylamine groups is 2. The summed E-state index contributed by atoms with van der Waals surface area (Å²) in [5.74, 6) is -1.91. The van der Waals surface area contributed by atoms with Gasteiger partial charge in [-0.2, -0.15) is 0 Å². The summed E-state index contributed by atoms with van der Waals surface area (Å²) < 4.78 is 10.2. The highest BCUT2D eigenvalue weighted by molar-refractivity contribution is 8.14. The van der Waals surface area contributed by atoms with Crippen LogP contribution in [0.25, 0.3) is 0 Å². The van der Waals surface area contributed by atoms with Gasteiger partial charge in [0.25, 0.3) is 5.91 Å². The summed E-state index contributed by atoms with van der Waals surface area (Å²) in [4.78, 5) is 69.4. The Labute approximate surface area is 225 Å². The molecule has 0 saturated carbocycles. The monoisotopic (exact) mass is 545 g/mol. The average Bonchev–Trinajstić information content (AvgIpc) is 3.31. The van der Waals surface area contributed by atoms with Crippen LogP contribution in [0.2, 0.25) is 0 Å². The molecule has 11 nitrogen and oxygen atoms in total. The fourth-order valence-electron chi connectivity index (χ4n) is 3.57. The van der Waals surface area contributed by atoms with Crippen LogP contribution in [0.4, 0.5) is 10.5 Å². The molecule has 1 N–H and O–H groups in total. The molecule has 0 unspecified atom stereocenters. The number of nitrogens with zero attached hydrogens (tertiary/aromatic N) is 2. The van der Waals surface area contributed by atoms with Crippen LogP contribution in [-0.2, 0) is 23.9 Å². The van der Waals surface area contributed by atoms with Gasteiger partial charge in [0.2, 0.25) is 5.91 Å². The lowest BCUT2D eigenvalue weighted by Gasteiger charge is -2.23. The molecule has 12 heteroatoms. The van der Waals surface area contributed by atoms with E-state index in [0.29, 0.717) is 0 Å². The molecule has 1 aliphatic heterocycles. The lowest BCUT2D eigenvalue weighted by Crippen LogP contribution is -2.43. The first-order valence-electron chi connectivity index (χ1n) is 11.6. The number of anilines is 1. The van der Waals surface area contributed by atoms with Gasteiger partial charge in [-0.3, -0.25) is 24.1 Å². The van der Waals surface area contributed by atoms with Crippen LogP contribution in [-0.4, -0.2) is 83.7 Å². The fourth-order valence-corrected chi connectivity index (χ4v) is 4.55. The molecule has 0 aliphatic carbocycles. The highest BCUT2D eigenvalue weighted by Gasteiger charge is 2.41. The van der Waals surface area contributed by atoms with Crippen LogP contribution >= 0.6 is 11.8 Å². The smallest absolute Gasteiger partial charge is 0.410 e. The summed E-state index contributed by atoms with van der Waals surface area (Å²) >= 11 is 1.04. The topological polar surface area (TPSA) is 132 Å². The van der Waals surface area contributed by atoms with Gasteiger partial charge in [-0.15, -0.1) is 6.58 Å². The van der Waals surface area contributed by atoms with E-state index in [1.807, 2.05) is 0 Å². The average molecular weight is 546 g/mol. The van der Waals surface area contributed by atoms with Crippen molar-refractivity contribution in [3.05, 3.63) is 67.3 Å². The third-order valence-corrected chi connectivity index (χ3v) is 6.15. The zero-order valence-electron chi connectivity index (χ0n) is 21.3. The van der Waals surface area contributed by atoms with Crippen molar-refractivity contribution in [2.45, 2.75) is 24.6 Å². The molecule has 204 valence electrons. The second kappa shape index (κ2) is 14.7. The van der Waals surface area contributed by atoms with Gasteiger partial charge in [-0.1, -0.05) is 43.1 Å². The molecule has 1 aromatic carbocycles. The molecule has 0 bridgehead atoms. The fraction of sp³-hybridized carbons (Fsp3) is 0.346. The molecule has 0 radical (unpaired) electrons. The molecule has 1 heterocycles. The van der Waals surface area contributed by atoms with E-state index in [4.69, 9.17) is 14.3 Å². The van der Waals surface area contributed by atoms with Crippen molar-refractivity contribution in [1.82, 2.24) is 9.96 Å². The van der Waals surface area contributed by atoms with Gasteiger partial charge in [0, 0.05) is 37.0 Å². The van der Waals surface area contributed by atoms with Gasteiger partial charge in [-0.05, 0) is 24.6 Å². The SMILES string of the molecule is C=CCOC(=O)c1cc(NC(=O)[C@@H]2C[C@H](SC(C)=O)CN2C(=O)OCC=C)cc(C(=O)N(C)OCC=C)c1. The molecular weight excluding hydrogens is 514 g/mol. The first-order chi connectivity index (χ1) is 18.1. The Hall–Kier alpha value is -3.90. The number of hydrogen-bond acceptors (Lipinski definition) is 9. The predicted molar refractivity (Wildman–Crippen MR) is 143 cm³/mol. The molecule has 38 heavy (non-hydrogen) atoms. The summed E-state index contributed by atoms with van der Waals surface area (Å²) in [5.41, 5.74) is 0.160. The summed E-state index contributed by atoms with van der Waals surface area (Å²) in [6, 6.07) is 3.07. The number of nitrogens with one attached hydrogen (secondary N) is 1. The number of carbonyl (C=O) groups is 5. The molecule has 0 aromatic heterocycles. The molecule has 3 amide bonds. The standard InChI is InChI=1S/C26H31N3O8S/c1-6-9-35-25(33)19-12-18(24(32)28(5)37-11-8-3)13-20(14-19)27-23(31)22-15-21(38-17(4)30)16-29(22)26(34)36-10-7-2/h6-8,12-14,21-22H,1-3,9-11,15-16H2,4-5H3,(H,27,31)/t21-,22-/m0/s1. The number of esters is 1. The maximum Gasteiger partial charge on any atom is 0.410 e. The summed E-state index contributed by atoms with van der Waals surface area (Å²) in [6.07, 6.45) is 3.72. The summed E-state index contributed by atoms with van der Waals surface area (Å²) in [6.45, 7) is 12.0. The zero-order chi connectivity index (χ0) is 28.2. The van der Waals surface area contributed by atoms with Gasteiger partial charge >= 0.3 is 12.1 Å². The van der Waals surface area contributed by atoms with Gasteiger partial charge in [-0.25, -0.2) is 14.7 Å². The molecule has 1 fully saturated rings. The molecule has 1 aromatic rings. The molecule has 1 aliphatic rings. The lowest BCUT2D eigenvalue weighted by atomic mass is 10.1. The van der Waals surface area contributed by atoms with Crippen molar-refractivity contribution in [3.63, 3.8) is 0 Å². The van der Waals surface area contributed by atoms with E-state index in [0.717, 1.165) is 16.8 Å². The molecule has 2 atom stereocenters. The molecular formula is C26H31N3O8S. The largest absolute Gasteiger partial charge is 0.458 e. The third-order valence-electron chi connectivity index (χ3n) is 5.14. The van der Waals surface area contributed by atoms with Gasteiger partial charge in [0.15, 0.2) is 5.12 Å². The number of likely N-dealkylation sites (tertiary alicyclic amines) is 1. The van der Waals surface area contributed by atoms with Crippen molar-refractivity contribution in [2.24, 2.45) is 0 Å². The maximum atomic E-state index is 13.3. The lowest BCUT2D eigenvalue weighted by molar-refractivity contribution is -0.120. The van der Waals surface area contributed by atoms with Crippen molar-refractivity contribution in [3.8, 4) is 0 Å². The summed E-state index contributed by atoms with van der Waals surface area (Å²) in [5, 5.41) is 3.18. The Morgan fingerprint density at radius 1 is 1.03 bits per heavy atom. The first-order valence-corrected chi connectivity index (χ1v) is 12.5. The van der Waals surface area contributed by atoms with Crippen LogP contribution in [0.1, 0.15) is 34.1 Å². The Morgan fingerprint density at radius 2 is 1.66 bits per heavy atom. The van der Waals surface area contributed by atoms with Gasteiger partial charge < -0.3 is 14.8 Å². The number of carbonyl (C=O) groups excluding carboxylic acids is 5. The van der Waals surface area contributed by atoms with Crippen molar-refractivity contribution < 1.29 is 38.3 Å². The quantitative estimate of drug-likeness (QED) is 0.239. The normalized spacial score (nSPS) is 16.2. The highest BCUT2D eigenvalue weighted by atomic mass is 32.2. The minimum absolute atomic E-state index is 0.00352. The van der Waals surface area contributed by atoms with E-state index in [1.54, 1.807) is 0 Å². The van der Waals surface area contributed by atoms with Gasteiger partial charge in [0.1, 0.15) is 19.3 Å². The minimum atomic E-state index is -0.960. The Balaban J connectivity index is 2.36. The Morgan fingerprint density at radius 3 is 2.29 bits per heavy atom. The molecule has 1 saturated heterocycles. The van der Waals surface area contributed by atoms with E-state index in [-0.39, 0.29) is 60.0 Å². The van der Waals surface area contributed by atoms with Crippen LogP contribution in [0.5, 0.6) is 0 Å². The second-order valence-electron chi connectivity index (χ2n) is 8.06. The highest BCUT2D eigenvalue weighted by Crippen LogP contribution is 2.30. The predicted octanol–water partition coefficient (Wildman–Crippen LogP) is 3.20. The van der Waals surface area contributed by atoms with Crippen molar-refractivity contribution in [1.29, 1.82) is 0 Å². The zero-order valence-corrected chi connectivity index (χ0v) is 22.2. The molecule has 2 rings (SSSR count). The van der Waals surface area contributed by atoms with Gasteiger partial charge in [0.05, 0.1) is 12.2 Å². The number of rotatable bonds is 12. The number of hydrogen-bond donors (Lipinski definition) is 1.